The van der Waals surface area contributed by atoms with Crippen molar-refractivity contribution in [2.45, 2.75) is 51.2 Å². The highest BCUT2D eigenvalue weighted by molar-refractivity contribution is 5.98. The lowest BCUT2D eigenvalue weighted by molar-refractivity contribution is -0.149. The first-order valence-electron chi connectivity index (χ1n) is 8.08. The van der Waals surface area contributed by atoms with Gasteiger partial charge >= 0.3 is 12.0 Å². The Kier molecular flexibility index (Phi) is 6.60. The number of urea groups is 1. The van der Waals surface area contributed by atoms with Gasteiger partial charge in [0.25, 0.3) is 5.91 Å². The van der Waals surface area contributed by atoms with Gasteiger partial charge in [0.15, 0.2) is 6.10 Å². The van der Waals surface area contributed by atoms with E-state index in [0.717, 1.165) is 31.8 Å². The van der Waals surface area contributed by atoms with Crippen molar-refractivity contribution in [3.63, 3.8) is 0 Å². The number of ether oxygens (including phenoxy) is 1. The summed E-state index contributed by atoms with van der Waals surface area (Å²) in [5.74, 6) is -0.860. The van der Waals surface area contributed by atoms with Crippen LogP contribution in [-0.4, -0.2) is 30.1 Å². The topological polar surface area (TPSA) is 97.6 Å². The number of carbonyl (C=O) groups excluding carboxylic acids is 3. The Bertz CT molecular complexity index is 588. The number of esters is 1. The Balaban J connectivity index is 1.72. The molecule has 7 heteroatoms. The van der Waals surface area contributed by atoms with Crippen molar-refractivity contribution in [1.29, 1.82) is 0 Å². The standard InChI is InChI=1S/C17H22N2O5/c1-12(24-15(20)10-9-14-8-5-11-23-14)16(21)19-17(22)18-13-6-3-2-4-7-13/h5,8-13H,2-4,6-7H2,1H3,(H2,18,19,21,22)/b10-9+/t12-/m0/s1. The summed E-state index contributed by atoms with van der Waals surface area (Å²) >= 11 is 0. The van der Waals surface area contributed by atoms with Crippen molar-refractivity contribution in [1.82, 2.24) is 10.6 Å². The average molecular weight is 334 g/mol. The van der Waals surface area contributed by atoms with Crippen molar-refractivity contribution >= 4 is 24.0 Å². The molecule has 2 rings (SSSR count). The summed E-state index contributed by atoms with van der Waals surface area (Å²) in [6.07, 6.45) is 8.17. The molecule has 7 nitrogen and oxygen atoms in total. The van der Waals surface area contributed by atoms with E-state index in [9.17, 15) is 14.4 Å². The smallest absolute Gasteiger partial charge is 0.331 e. The Morgan fingerprint density at radius 1 is 1.29 bits per heavy atom. The third-order valence-corrected chi connectivity index (χ3v) is 3.77. The largest absolute Gasteiger partial charge is 0.465 e. The summed E-state index contributed by atoms with van der Waals surface area (Å²) in [7, 11) is 0. The number of hydrogen-bond acceptors (Lipinski definition) is 5. The molecule has 0 aliphatic heterocycles. The molecule has 24 heavy (non-hydrogen) atoms. The fourth-order valence-corrected chi connectivity index (χ4v) is 2.49. The van der Waals surface area contributed by atoms with E-state index in [1.54, 1.807) is 12.1 Å². The first-order chi connectivity index (χ1) is 11.5. The summed E-state index contributed by atoms with van der Waals surface area (Å²) in [6.45, 7) is 1.40. The van der Waals surface area contributed by atoms with E-state index < -0.39 is 24.0 Å². The van der Waals surface area contributed by atoms with E-state index in [-0.39, 0.29) is 6.04 Å². The number of hydrogen-bond donors (Lipinski definition) is 2. The molecule has 1 aliphatic carbocycles. The van der Waals surface area contributed by atoms with E-state index in [0.29, 0.717) is 5.76 Å². The maximum atomic E-state index is 11.9. The van der Waals surface area contributed by atoms with Gasteiger partial charge in [0.2, 0.25) is 0 Å². The molecule has 1 aromatic rings. The van der Waals surface area contributed by atoms with Crippen LogP contribution in [0.15, 0.2) is 28.9 Å². The van der Waals surface area contributed by atoms with Crippen LogP contribution in [0.4, 0.5) is 4.79 Å². The van der Waals surface area contributed by atoms with Gasteiger partial charge in [0.1, 0.15) is 5.76 Å². The van der Waals surface area contributed by atoms with Gasteiger partial charge in [-0.05, 0) is 38.0 Å². The summed E-state index contributed by atoms with van der Waals surface area (Å²) in [6, 6.07) is 2.91. The van der Waals surface area contributed by atoms with Crippen molar-refractivity contribution in [2.75, 3.05) is 0 Å². The van der Waals surface area contributed by atoms with E-state index in [4.69, 9.17) is 9.15 Å². The zero-order valence-corrected chi connectivity index (χ0v) is 13.6. The third kappa shape index (κ3) is 5.91. The van der Waals surface area contributed by atoms with Crippen LogP contribution < -0.4 is 10.6 Å². The van der Waals surface area contributed by atoms with Crippen LogP contribution in [-0.2, 0) is 14.3 Å². The van der Waals surface area contributed by atoms with Crippen molar-refractivity contribution < 1.29 is 23.5 Å². The summed E-state index contributed by atoms with van der Waals surface area (Å²) in [5, 5.41) is 4.96. The highest BCUT2D eigenvalue weighted by Gasteiger charge is 2.21. The lowest BCUT2D eigenvalue weighted by Gasteiger charge is -2.23. The predicted molar refractivity (Wildman–Crippen MR) is 86.8 cm³/mol. The van der Waals surface area contributed by atoms with Crippen LogP contribution in [0.1, 0.15) is 44.8 Å². The first kappa shape index (κ1) is 17.8. The van der Waals surface area contributed by atoms with Crippen LogP contribution in [0.3, 0.4) is 0 Å². The predicted octanol–water partition coefficient (Wildman–Crippen LogP) is 2.38. The number of amides is 3. The quantitative estimate of drug-likeness (QED) is 0.636. The molecule has 0 unspecified atom stereocenters. The van der Waals surface area contributed by atoms with Crippen LogP contribution in [0.25, 0.3) is 6.08 Å². The number of imide groups is 1. The van der Waals surface area contributed by atoms with Gasteiger partial charge in [0, 0.05) is 12.1 Å². The molecule has 0 spiro atoms. The molecule has 0 bridgehead atoms. The molecule has 1 atom stereocenters. The van der Waals surface area contributed by atoms with E-state index in [1.165, 1.54) is 25.7 Å². The van der Waals surface area contributed by atoms with Gasteiger partial charge in [-0.3, -0.25) is 10.1 Å². The first-order valence-corrected chi connectivity index (χ1v) is 8.08. The minimum absolute atomic E-state index is 0.0978. The summed E-state index contributed by atoms with van der Waals surface area (Å²) < 4.78 is 9.98. The minimum Gasteiger partial charge on any atom is -0.465 e. The molecule has 130 valence electrons. The lowest BCUT2D eigenvalue weighted by Crippen LogP contribution is -2.48. The molecule has 2 N–H and O–H groups in total. The Hall–Kier alpha value is -2.57. The molecule has 0 saturated heterocycles. The fraction of sp³-hybridized carbons (Fsp3) is 0.471. The number of nitrogens with one attached hydrogen (secondary N) is 2. The Labute approximate surface area is 140 Å². The zero-order valence-electron chi connectivity index (χ0n) is 13.6. The SMILES string of the molecule is C[C@H](OC(=O)/C=C/c1ccco1)C(=O)NC(=O)NC1CCCCC1. The Morgan fingerprint density at radius 2 is 2.04 bits per heavy atom. The van der Waals surface area contributed by atoms with Gasteiger partial charge in [-0.2, -0.15) is 0 Å². The van der Waals surface area contributed by atoms with E-state index in [1.807, 2.05) is 0 Å². The lowest BCUT2D eigenvalue weighted by atomic mass is 9.96. The van der Waals surface area contributed by atoms with Gasteiger partial charge < -0.3 is 14.5 Å². The van der Waals surface area contributed by atoms with Crippen LogP contribution in [0, 0.1) is 0 Å². The van der Waals surface area contributed by atoms with Gasteiger partial charge in [-0.15, -0.1) is 0 Å². The third-order valence-electron chi connectivity index (χ3n) is 3.77. The highest BCUT2D eigenvalue weighted by Crippen LogP contribution is 2.17. The van der Waals surface area contributed by atoms with Crippen molar-refractivity contribution in [3.8, 4) is 0 Å². The molecule has 3 amide bonds. The minimum atomic E-state index is -1.07. The zero-order chi connectivity index (χ0) is 17.4. The van der Waals surface area contributed by atoms with Crippen molar-refractivity contribution in [3.05, 3.63) is 30.2 Å². The fourth-order valence-electron chi connectivity index (χ4n) is 2.49. The summed E-state index contributed by atoms with van der Waals surface area (Å²) in [4.78, 5) is 35.3. The second-order valence-corrected chi connectivity index (χ2v) is 5.73. The van der Waals surface area contributed by atoms with Gasteiger partial charge in [-0.25, -0.2) is 9.59 Å². The van der Waals surface area contributed by atoms with Crippen molar-refractivity contribution in [2.24, 2.45) is 0 Å². The number of furan rings is 1. The van der Waals surface area contributed by atoms with Crippen LogP contribution in [0.2, 0.25) is 0 Å². The van der Waals surface area contributed by atoms with Crippen LogP contribution >= 0.6 is 0 Å². The maximum Gasteiger partial charge on any atom is 0.331 e. The second-order valence-electron chi connectivity index (χ2n) is 5.73. The highest BCUT2D eigenvalue weighted by atomic mass is 16.5. The average Bonchev–Trinajstić information content (AvgIpc) is 3.07. The molecular weight excluding hydrogens is 312 g/mol. The monoisotopic (exact) mass is 334 g/mol. The molecule has 1 aliphatic rings. The van der Waals surface area contributed by atoms with E-state index in [2.05, 4.69) is 10.6 Å². The molecule has 0 aromatic carbocycles. The molecule has 1 fully saturated rings. The summed E-state index contributed by atoms with van der Waals surface area (Å²) in [5.41, 5.74) is 0. The Morgan fingerprint density at radius 3 is 2.71 bits per heavy atom. The molecule has 1 saturated carbocycles. The maximum absolute atomic E-state index is 11.9. The molecule has 1 heterocycles. The number of carbonyl (C=O) groups is 3. The number of rotatable bonds is 5. The van der Waals surface area contributed by atoms with Gasteiger partial charge in [0.05, 0.1) is 6.26 Å². The molecule has 1 aromatic heterocycles. The van der Waals surface area contributed by atoms with E-state index >= 15 is 0 Å². The van der Waals surface area contributed by atoms with Gasteiger partial charge in [-0.1, -0.05) is 19.3 Å². The normalized spacial score (nSPS) is 16.5. The van der Waals surface area contributed by atoms with Crippen LogP contribution in [0.5, 0.6) is 0 Å². The molecular formula is C17H22N2O5. The molecule has 0 radical (unpaired) electrons. The second kappa shape index (κ2) is 8.90.